The van der Waals surface area contributed by atoms with Crippen LogP contribution in [0.25, 0.3) is 0 Å². The van der Waals surface area contributed by atoms with Gasteiger partial charge in [-0.3, -0.25) is 0 Å². The molecule has 5 heteroatoms. The fourth-order valence-corrected chi connectivity index (χ4v) is 1.95. The van der Waals surface area contributed by atoms with Gasteiger partial charge in [0.1, 0.15) is 11.3 Å². The Labute approximate surface area is 118 Å². The number of phenols is 2. The Morgan fingerprint density at radius 3 is 2.40 bits per heavy atom. The molecule has 3 N–H and O–H groups in total. The molecule has 0 aromatic heterocycles. The molecule has 0 radical (unpaired) electrons. The van der Waals surface area contributed by atoms with Gasteiger partial charge in [-0.1, -0.05) is 39.0 Å². The van der Waals surface area contributed by atoms with Crippen molar-refractivity contribution >= 4 is 5.97 Å². The number of aromatic carboxylic acids is 1. The van der Waals surface area contributed by atoms with Crippen molar-refractivity contribution in [3.8, 4) is 17.2 Å². The second kappa shape index (κ2) is 8.30. The lowest BCUT2D eigenvalue weighted by atomic mass is 10.1. The molecule has 1 rings (SSSR count). The van der Waals surface area contributed by atoms with E-state index in [1.54, 1.807) is 0 Å². The third kappa shape index (κ3) is 4.64. The van der Waals surface area contributed by atoms with E-state index in [2.05, 4.69) is 6.92 Å². The van der Waals surface area contributed by atoms with Crippen LogP contribution >= 0.6 is 0 Å². The number of hydrogen-bond acceptors (Lipinski definition) is 4. The van der Waals surface area contributed by atoms with Gasteiger partial charge in [-0.2, -0.15) is 0 Å². The minimum Gasteiger partial charge on any atom is -0.504 e. The van der Waals surface area contributed by atoms with E-state index in [-0.39, 0.29) is 5.75 Å². The first-order valence-corrected chi connectivity index (χ1v) is 6.99. The minimum absolute atomic E-state index is 0.0846. The van der Waals surface area contributed by atoms with Gasteiger partial charge in [-0.15, -0.1) is 0 Å². The number of phenolic OH excluding ortho intramolecular Hbond substituents is 1. The molecule has 0 amide bonds. The maximum atomic E-state index is 11.1. The molecule has 0 bridgehead atoms. The Hall–Kier alpha value is -1.91. The second-order valence-electron chi connectivity index (χ2n) is 4.73. The van der Waals surface area contributed by atoms with E-state index in [9.17, 15) is 15.0 Å². The number of hydrogen-bond donors (Lipinski definition) is 3. The second-order valence-corrected chi connectivity index (χ2v) is 4.73. The van der Waals surface area contributed by atoms with Gasteiger partial charge in [-0.05, 0) is 18.6 Å². The summed E-state index contributed by atoms with van der Waals surface area (Å²) in [5.41, 5.74) is -0.393. The molecule has 0 spiro atoms. The zero-order valence-corrected chi connectivity index (χ0v) is 11.8. The van der Waals surface area contributed by atoms with E-state index in [1.807, 2.05) is 0 Å². The summed E-state index contributed by atoms with van der Waals surface area (Å²) in [5.74, 6) is -2.36. The van der Waals surface area contributed by atoms with Crippen molar-refractivity contribution in [2.24, 2.45) is 0 Å². The SMILES string of the molecule is CCCCCCCCOc1ccc(O)c(O)c1C(=O)O. The summed E-state index contributed by atoms with van der Waals surface area (Å²) < 4.78 is 5.39. The Morgan fingerprint density at radius 1 is 1.10 bits per heavy atom. The van der Waals surface area contributed by atoms with Gasteiger partial charge in [-0.25, -0.2) is 4.79 Å². The van der Waals surface area contributed by atoms with Crippen LogP contribution in [0.5, 0.6) is 17.2 Å². The highest BCUT2D eigenvalue weighted by molar-refractivity contribution is 5.95. The van der Waals surface area contributed by atoms with Gasteiger partial charge >= 0.3 is 5.97 Å². The van der Waals surface area contributed by atoms with Gasteiger partial charge in [0.2, 0.25) is 0 Å². The lowest BCUT2D eigenvalue weighted by Crippen LogP contribution is -2.05. The highest BCUT2D eigenvalue weighted by Gasteiger charge is 2.19. The molecule has 5 nitrogen and oxygen atoms in total. The third-order valence-corrected chi connectivity index (χ3v) is 3.09. The van der Waals surface area contributed by atoms with E-state index in [4.69, 9.17) is 9.84 Å². The van der Waals surface area contributed by atoms with Gasteiger partial charge in [0.15, 0.2) is 11.5 Å². The predicted molar refractivity (Wildman–Crippen MR) is 75.6 cm³/mol. The number of carboxylic acid groups (broad SMARTS) is 1. The number of benzene rings is 1. The molecule has 0 fully saturated rings. The molecule has 1 aromatic rings. The van der Waals surface area contributed by atoms with Crippen LogP contribution in [0.2, 0.25) is 0 Å². The van der Waals surface area contributed by atoms with Crippen LogP contribution in [0.1, 0.15) is 55.8 Å². The van der Waals surface area contributed by atoms with Crippen LogP contribution in [-0.2, 0) is 0 Å². The molecule has 0 unspecified atom stereocenters. The van der Waals surface area contributed by atoms with E-state index in [0.29, 0.717) is 6.61 Å². The number of carbonyl (C=O) groups is 1. The quantitative estimate of drug-likeness (QED) is 0.476. The maximum absolute atomic E-state index is 11.1. The van der Waals surface area contributed by atoms with Crippen LogP contribution in [-0.4, -0.2) is 27.9 Å². The highest BCUT2D eigenvalue weighted by atomic mass is 16.5. The summed E-state index contributed by atoms with van der Waals surface area (Å²) in [4.78, 5) is 11.1. The van der Waals surface area contributed by atoms with Crippen LogP contribution in [0.4, 0.5) is 0 Å². The summed E-state index contributed by atoms with van der Waals surface area (Å²) in [6, 6.07) is 2.58. The molecule has 0 aliphatic heterocycles. The average Bonchev–Trinajstić information content (AvgIpc) is 2.41. The Bertz CT molecular complexity index is 442. The molecule has 0 aliphatic rings. The summed E-state index contributed by atoms with van der Waals surface area (Å²) in [7, 11) is 0. The predicted octanol–water partition coefficient (Wildman–Crippen LogP) is 3.54. The number of aromatic hydroxyl groups is 2. The third-order valence-electron chi connectivity index (χ3n) is 3.09. The molecule has 112 valence electrons. The van der Waals surface area contributed by atoms with Crippen LogP contribution in [0.3, 0.4) is 0 Å². The number of ether oxygens (including phenoxy) is 1. The number of unbranched alkanes of at least 4 members (excludes halogenated alkanes) is 5. The van der Waals surface area contributed by atoms with Crippen LogP contribution in [0.15, 0.2) is 12.1 Å². The molecule has 0 atom stereocenters. The smallest absolute Gasteiger partial charge is 0.343 e. The van der Waals surface area contributed by atoms with Crippen molar-refractivity contribution in [2.45, 2.75) is 45.4 Å². The normalized spacial score (nSPS) is 10.4. The van der Waals surface area contributed by atoms with Gasteiger partial charge in [0.25, 0.3) is 0 Å². The zero-order valence-electron chi connectivity index (χ0n) is 11.8. The molecule has 0 aliphatic carbocycles. The number of carboxylic acids is 1. The standard InChI is InChI=1S/C15H22O5/c1-2-3-4-5-6-7-10-20-12-9-8-11(16)14(17)13(12)15(18)19/h8-9,16-17H,2-7,10H2,1H3,(H,18,19). The maximum Gasteiger partial charge on any atom is 0.343 e. The average molecular weight is 282 g/mol. The van der Waals surface area contributed by atoms with Crippen molar-refractivity contribution in [2.75, 3.05) is 6.61 Å². The molecular weight excluding hydrogens is 260 g/mol. The number of rotatable bonds is 9. The first kappa shape index (κ1) is 16.1. The van der Waals surface area contributed by atoms with E-state index in [0.717, 1.165) is 19.3 Å². The van der Waals surface area contributed by atoms with E-state index in [1.165, 1.54) is 31.4 Å². The highest BCUT2D eigenvalue weighted by Crippen LogP contribution is 2.35. The minimum atomic E-state index is -1.32. The largest absolute Gasteiger partial charge is 0.504 e. The monoisotopic (exact) mass is 282 g/mol. The molecule has 1 aromatic carbocycles. The fourth-order valence-electron chi connectivity index (χ4n) is 1.95. The first-order valence-electron chi connectivity index (χ1n) is 6.99. The summed E-state index contributed by atoms with van der Waals surface area (Å²) in [5, 5.41) is 27.9. The Kier molecular flexibility index (Phi) is 6.70. The summed E-state index contributed by atoms with van der Waals surface area (Å²) in [6.45, 7) is 2.56. The van der Waals surface area contributed by atoms with Crippen LogP contribution < -0.4 is 4.74 Å². The topological polar surface area (TPSA) is 87.0 Å². The Balaban J connectivity index is 2.48. The van der Waals surface area contributed by atoms with Gasteiger partial charge in [0, 0.05) is 0 Å². The van der Waals surface area contributed by atoms with Crippen LogP contribution in [0, 0.1) is 0 Å². The van der Waals surface area contributed by atoms with Gasteiger partial charge < -0.3 is 20.1 Å². The molecule has 0 saturated carbocycles. The summed E-state index contributed by atoms with van der Waals surface area (Å²) in [6.07, 6.45) is 6.65. The fraction of sp³-hybridized carbons (Fsp3) is 0.533. The molecular formula is C15H22O5. The molecule has 0 saturated heterocycles. The summed E-state index contributed by atoms with van der Waals surface area (Å²) >= 11 is 0. The molecule has 0 heterocycles. The lowest BCUT2D eigenvalue weighted by molar-refractivity contribution is 0.0688. The van der Waals surface area contributed by atoms with Crippen molar-refractivity contribution in [1.29, 1.82) is 0 Å². The van der Waals surface area contributed by atoms with Crippen molar-refractivity contribution < 1.29 is 24.9 Å². The Morgan fingerprint density at radius 2 is 1.75 bits per heavy atom. The first-order chi connectivity index (χ1) is 9.57. The van der Waals surface area contributed by atoms with Crippen molar-refractivity contribution in [3.05, 3.63) is 17.7 Å². The molecule has 20 heavy (non-hydrogen) atoms. The van der Waals surface area contributed by atoms with Gasteiger partial charge in [0.05, 0.1) is 6.61 Å². The van der Waals surface area contributed by atoms with Crippen molar-refractivity contribution in [1.82, 2.24) is 0 Å². The lowest BCUT2D eigenvalue weighted by Gasteiger charge is -2.11. The zero-order chi connectivity index (χ0) is 15.0. The van der Waals surface area contributed by atoms with E-state index >= 15 is 0 Å². The van der Waals surface area contributed by atoms with Crippen molar-refractivity contribution in [3.63, 3.8) is 0 Å². The van der Waals surface area contributed by atoms with E-state index < -0.39 is 23.0 Å².